The maximum absolute atomic E-state index is 12.9. The lowest BCUT2D eigenvalue weighted by Crippen LogP contribution is -2.37. The monoisotopic (exact) mass is 679 g/mol. The van der Waals surface area contributed by atoms with Gasteiger partial charge < -0.3 is 25.0 Å². The zero-order valence-electron chi connectivity index (χ0n) is 23.9. The normalized spacial score (nSPS) is 10.9. The first-order chi connectivity index (χ1) is 20.6. The summed E-state index contributed by atoms with van der Waals surface area (Å²) in [6.07, 6.45) is 4.68. The minimum Gasteiger partial charge on any atom is -0.485 e. The highest BCUT2D eigenvalue weighted by atomic mass is 35.5. The zero-order valence-corrected chi connectivity index (χ0v) is 27.0. The molecule has 44 heavy (non-hydrogen) atoms. The van der Waals surface area contributed by atoms with Crippen LogP contribution in [-0.2, 0) is 25.7 Å². The Balaban J connectivity index is 0.00000529. The number of carbonyl (C=O) groups is 3. The Morgan fingerprint density at radius 2 is 1.80 bits per heavy atom. The van der Waals surface area contributed by atoms with Crippen molar-refractivity contribution < 1.29 is 23.9 Å². The fourth-order valence-corrected chi connectivity index (χ4v) is 4.80. The fraction of sp³-hybridized carbons (Fsp3) is 0.200. The first-order valence-electron chi connectivity index (χ1n) is 12.9. The van der Waals surface area contributed by atoms with Crippen LogP contribution in [0.3, 0.4) is 0 Å². The summed E-state index contributed by atoms with van der Waals surface area (Å²) in [7, 11) is 2.99. The number of imidazole rings is 1. The van der Waals surface area contributed by atoms with E-state index in [0.717, 1.165) is 5.56 Å². The number of hydrogen-bond acceptors (Lipinski definition) is 6. The minimum atomic E-state index is -0.459. The summed E-state index contributed by atoms with van der Waals surface area (Å²) >= 11 is 19.4. The van der Waals surface area contributed by atoms with E-state index in [-0.39, 0.29) is 43.1 Å². The SMILES string of the molecule is COCC(=O)Nc1ccc(/C=C/C(=O)NCC(=O)N(C)c2ccc(Cl)c(COc3cccn4c(Cl)c(C)nc34)c2Cl)cc1.Cl. The van der Waals surface area contributed by atoms with Gasteiger partial charge in [-0.15, -0.1) is 12.4 Å². The number of likely N-dealkylation sites (N-methyl/N-ethyl adjacent to an activating group) is 1. The Morgan fingerprint density at radius 1 is 1.07 bits per heavy atom. The number of amides is 3. The van der Waals surface area contributed by atoms with Gasteiger partial charge in [-0.3, -0.25) is 18.8 Å². The molecule has 0 spiro atoms. The molecule has 2 heterocycles. The van der Waals surface area contributed by atoms with Gasteiger partial charge in [-0.05, 0) is 55.0 Å². The van der Waals surface area contributed by atoms with Gasteiger partial charge in [0.1, 0.15) is 18.4 Å². The number of halogens is 4. The van der Waals surface area contributed by atoms with Crippen molar-refractivity contribution >= 4 is 88.0 Å². The first kappa shape index (κ1) is 34.7. The quantitative estimate of drug-likeness (QED) is 0.189. The summed E-state index contributed by atoms with van der Waals surface area (Å²) in [5.74, 6) is -0.645. The van der Waals surface area contributed by atoms with Crippen LogP contribution in [0.1, 0.15) is 16.8 Å². The van der Waals surface area contributed by atoms with Crippen molar-refractivity contribution in [1.29, 1.82) is 0 Å². The molecule has 0 aliphatic heterocycles. The number of benzene rings is 2. The second kappa shape index (κ2) is 15.8. The fourth-order valence-electron chi connectivity index (χ4n) is 4.02. The van der Waals surface area contributed by atoms with Crippen molar-refractivity contribution in [2.24, 2.45) is 0 Å². The smallest absolute Gasteiger partial charge is 0.250 e. The van der Waals surface area contributed by atoms with E-state index < -0.39 is 11.8 Å². The van der Waals surface area contributed by atoms with Crippen LogP contribution in [-0.4, -0.2) is 54.4 Å². The molecule has 232 valence electrons. The summed E-state index contributed by atoms with van der Waals surface area (Å²) < 4.78 is 12.5. The lowest BCUT2D eigenvalue weighted by molar-refractivity contribution is -0.122. The molecule has 0 unspecified atom stereocenters. The van der Waals surface area contributed by atoms with Gasteiger partial charge in [0, 0.05) is 42.7 Å². The molecule has 2 aromatic heterocycles. The number of ether oxygens (including phenoxy) is 2. The lowest BCUT2D eigenvalue weighted by atomic mass is 10.2. The third kappa shape index (κ3) is 8.43. The van der Waals surface area contributed by atoms with E-state index >= 15 is 0 Å². The summed E-state index contributed by atoms with van der Waals surface area (Å²) in [5, 5.41) is 6.34. The molecule has 0 fully saturated rings. The van der Waals surface area contributed by atoms with E-state index in [4.69, 9.17) is 44.3 Å². The summed E-state index contributed by atoms with van der Waals surface area (Å²) in [5.41, 5.74) is 3.42. The topological polar surface area (TPSA) is 114 Å². The van der Waals surface area contributed by atoms with Gasteiger partial charge >= 0.3 is 0 Å². The molecule has 0 radical (unpaired) electrons. The molecule has 4 aromatic rings. The van der Waals surface area contributed by atoms with Crippen molar-refractivity contribution in [2.75, 3.05) is 37.5 Å². The van der Waals surface area contributed by atoms with E-state index in [2.05, 4.69) is 15.6 Å². The number of hydrogen-bond donors (Lipinski definition) is 2. The molecule has 2 aromatic carbocycles. The molecule has 10 nitrogen and oxygen atoms in total. The van der Waals surface area contributed by atoms with Gasteiger partial charge in [-0.2, -0.15) is 0 Å². The number of aryl methyl sites for hydroxylation is 1. The number of aromatic nitrogens is 2. The second-order valence-corrected chi connectivity index (χ2v) is 10.5. The van der Waals surface area contributed by atoms with Gasteiger partial charge in [-0.1, -0.05) is 46.9 Å². The van der Waals surface area contributed by atoms with Crippen molar-refractivity contribution in [3.63, 3.8) is 0 Å². The Kier molecular flexibility index (Phi) is 12.4. The number of nitrogens with zero attached hydrogens (tertiary/aromatic N) is 3. The number of anilines is 2. The van der Waals surface area contributed by atoms with Crippen molar-refractivity contribution in [2.45, 2.75) is 13.5 Å². The average Bonchev–Trinajstić information content (AvgIpc) is 3.28. The molecule has 0 saturated heterocycles. The van der Waals surface area contributed by atoms with Crippen molar-refractivity contribution in [3.05, 3.63) is 92.8 Å². The third-order valence-corrected chi connectivity index (χ3v) is 7.53. The number of nitrogens with one attached hydrogen (secondary N) is 2. The number of pyridine rings is 1. The molecule has 0 saturated carbocycles. The molecule has 4 rings (SSSR count). The van der Waals surface area contributed by atoms with Crippen LogP contribution in [0.4, 0.5) is 11.4 Å². The van der Waals surface area contributed by atoms with Gasteiger partial charge in [0.2, 0.25) is 17.7 Å². The highest BCUT2D eigenvalue weighted by Gasteiger charge is 2.20. The highest BCUT2D eigenvalue weighted by Crippen LogP contribution is 2.35. The van der Waals surface area contributed by atoms with Crippen LogP contribution in [0.25, 0.3) is 11.7 Å². The largest absolute Gasteiger partial charge is 0.485 e. The molecule has 0 aliphatic rings. The second-order valence-electron chi connectivity index (χ2n) is 9.31. The standard InChI is InChI=1S/C30H28Cl3N5O5.ClH/c1-18-29(33)38-14-4-5-24(30(38)35-18)43-16-21-22(31)11-12-23(28(21)32)37(2)27(41)15-34-25(39)13-8-19-6-9-20(10-7-19)36-26(40)17-42-3;/h4-14H,15-17H2,1-3H3,(H,34,39)(H,36,40);1H/b13-8+;. The predicted octanol–water partition coefficient (Wildman–Crippen LogP) is 5.98. The zero-order chi connectivity index (χ0) is 31.1. The Morgan fingerprint density at radius 3 is 2.50 bits per heavy atom. The number of methoxy groups -OCH3 is 1. The van der Waals surface area contributed by atoms with Gasteiger partial charge in [0.05, 0.1) is 22.9 Å². The van der Waals surface area contributed by atoms with Gasteiger partial charge in [-0.25, -0.2) is 4.98 Å². The van der Waals surface area contributed by atoms with Crippen LogP contribution in [0.5, 0.6) is 5.75 Å². The number of carbonyl (C=O) groups excluding carboxylic acids is 3. The van der Waals surface area contributed by atoms with Crippen LogP contribution in [0.15, 0.2) is 60.8 Å². The molecule has 0 aliphatic carbocycles. The molecule has 2 N–H and O–H groups in total. The van der Waals surface area contributed by atoms with Gasteiger partial charge in [0.15, 0.2) is 11.4 Å². The van der Waals surface area contributed by atoms with E-state index in [1.807, 2.05) is 0 Å². The first-order valence-corrected chi connectivity index (χ1v) is 14.1. The lowest BCUT2D eigenvalue weighted by Gasteiger charge is -2.21. The van der Waals surface area contributed by atoms with Crippen LogP contribution in [0.2, 0.25) is 15.2 Å². The Hall–Kier alpha value is -3.80. The predicted molar refractivity (Wildman–Crippen MR) is 175 cm³/mol. The summed E-state index contributed by atoms with van der Waals surface area (Å²) in [6.45, 7) is 1.50. The summed E-state index contributed by atoms with van der Waals surface area (Å²) in [4.78, 5) is 42.6. The number of fused-ring (bicyclic) bond motifs is 1. The molecule has 0 bridgehead atoms. The molecule has 14 heteroatoms. The van der Waals surface area contributed by atoms with Crippen molar-refractivity contribution in [3.8, 4) is 5.75 Å². The highest BCUT2D eigenvalue weighted by molar-refractivity contribution is 6.38. The van der Waals surface area contributed by atoms with E-state index in [0.29, 0.717) is 44.2 Å². The Labute approximate surface area is 275 Å². The van der Waals surface area contributed by atoms with E-state index in [9.17, 15) is 14.4 Å². The number of rotatable bonds is 11. The third-order valence-electron chi connectivity index (χ3n) is 6.30. The summed E-state index contributed by atoms with van der Waals surface area (Å²) in [6, 6.07) is 13.7. The molecular weight excluding hydrogens is 652 g/mol. The average molecular weight is 681 g/mol. The molecule has 0 atom stereocenters. The van der Waals surface area contributed by atoms with Crippen LogP contribution >= 0.6 is 47.2 Å². The Bertz CT molecular complexity index is 1690. The van der Waals surface area contributed by atoms with Gasteiger partial charge in [0.25, 0.3) is 0 Å². The van der Waals surface area contributed by atoms with E-state index in [1.54, 1.807) is 79.2 Å². The van der Waals surface area contributed by atoms with Crippen LogP contribution < -0.4 is 20.3 Å². The van der Waals surface area contributed by atoms with E-state index in [1.165, 1.54) is 18.1 Å². The molecule has 3 amide bonds. The van der Waals surface area contributed by atoms with Crippen LogP contribution in [0, 0.1) is 6.92 Å². The van der Waals surface area contributed by atoms with Crippen molar-refractivity contribution in [1.82, 2.24) is 14.7 Å². The molecular formula is C30H29Cl4N5O5. The maximum Gasteiger partial charge on any atom is 0.250 e. The maximum atomic E-state index is 12.9. The minimum absolute atomic E-state index is 0.